The third-order valence-corrected chi connectivity index (χ3v) is 27.2. The van der Waals surface area contributed by atoms with Crippen LogP contribution in [0.5, 0.6) is 0 Å². The fraction of sp³-hybridized carbons (Fsp3) is 1.00. The molecule has 0 radical (unpaired) electrons. The van der Waals surface area contributed by atoms with Crippen molar-refractivity contribution in [3.8, 4) is 0 Å². The van der Waals surface area contributed by atoms with Crippen LogP contribution in [0.25, 0.3) is 0 Å². The van der Waals surface area contributed by atoms with Gasteiger partial charge in [0.05, 0.1) is 17.2 Å². The summed E-state index contributed by atoms with van der Waals surface area (Å²) >= 11 is 0. The van der Waals surface area contributed by atoms with E-state index in [2.05, 4.69) is 62.3 Å². The van der Waals surface area contributed by atoms with Crippen LogP contribution in [0, 0.1) is 17.8 Å². The fourth-order valence-corrected chi connectivity index (χ4v) is 30.4. The van der Waals surface area contributed by atoms with Crippen molar-refractivity contribution in [2.24, 2.45) is 17.8 Å². The van der Waals surface area contributed by atoms with Gasteiger partial charge in [0.2, 0.25) is 0 Å². The second-order valence-electron chi connectivity index (χ2n) is 15.5. The number of hydrogen-bond acceptors (Lipinski definition) is 6. The average molecular weight is 643 g/mol. The van der Waals surface area contributed by atoms with Crippen molar-refractivity contribution in [1.82, 2.24) is 0 Å². The van der Waals surface area contributed by atoms with E-state index in [1.807, 2.05) is 0 Å². The van der Waals surface area contributed by atoms with Crippen LogP contribution >= 0.6 is 0 Å². The molecule has 0 aromatic rings. The molecular weight excluding hydrogens is 577 g/mol. The van der Waals surface area contributed by atoms with Crippen molar-refractivity contribution in [2.75, 3.05) is 19.8 Å². The normalized spacial score (nSPS) is 34.3. The Morgan fingerprint density at radius 1 is 0.429 bits per heavy atom. The zero-order chi connectivity index (χ0) is 30.5. The van der Waals surface area contributed by atoms with E-state index in [0.29, 0.717) is 34.4 Å². The summed E-state index contributed by atoms with van der Waals surface area (Å²) in [5.74, 6) is 1.41. The molecule has 0 aromatic heterocycles. The predicted octanol–water partition coefficient (Wildman–Crippen LogP) is 9.01. The zero-order valence-electron chi connectivity index (χ0n) is 28.8. The van der Waals surface area contributed by atoms with E-state index in [-0.39, 0.29) is 17.2 Å². The topological polar surface area (TPSA) is 55.4 Å². The molecule has 1 heterocycles. The van der Waals surface area contributed by atoms with Gasteiger partial charge in [-0.25, -0.2) is 0 Å². The second kappa shape index (κ2) is 15.3. The molecule has 0 amide bonds. The first-order valence-corrected chi connectivity index (χ1v) is 23.8. The Morgan fingerprint density at radius 3 is 0.833 bits per heavy atom. The number of rotatable bonds is 15. The molecule has 3 unspecified atom stereocenters. The van der Waals surface area contributed by atoms with Gasteiger partial charge in [-0.2, -0.15) is 0 Å². The van der Waals surface area contributed by atoms with Crippen molar-refractivity contribution in [1.29, 1.82) is 0 Å². The molecule has 1 saturated heterocycles. The Balaban J connectivity index is 1.90. The minimum Gasteiger partial charge on any atom is -0.412 e. The molecule has 42 heavy (non-hydrogen) atoms. The molecule has 9 heteroatoms. The summed E-state index contributed by atoms with van der Waals surface area (Å²) in [6, 6.07) is 0. The molecule has 3 aliphatic carbocycles. The van der Waals surface area contributed by atoms with Crippen LogP contribution < -0.4 is 0 Å². The molecule has 0 spiro atoms. The van der Waals surface area contributed by atoms with Gasteiger partial charge in [0.1, 0.15) is 0 Å². The van der Waals surface area contributed by atoms with Crippen LogP contribution in [0.1, 0.15) is 139 Å². The molecule has 4 rings (SSSR count). The number of hydrogen-bond donors (Lipinski definition) is 0. The lowest BCUT2D eigenvalue weighted by Crippen LogP contribution is -2.82. The third-order valence-electron chi connectivity index (χ3n) is 10.5. The van der Waals surface area contributed by atoms with Crippen molar-refractivity contribution in [3.63, 3.8) is 0 Å². The van der Waals surface area contributed by atoms with Crippen LogP contribution in [-0.4, -0.2) is 62.7 Å². The van der Waals surface area contributed by atoms with Gasteiger partial charge < -0.3 is 26.6 Å². The van der Waals surface area contributed by atoms with E-state index >= 15 is 0 Å². The Morgan fingerprint density at radius 2 is 0.643 bits per heavy atom. The van der Waals surface area contributed by atoms with E-state index in [1.165, 1.54) is 77.0 Å². The summed E-state index contributed by atoms with van der Waals surface area (Å²) in [6.07, 6.45) is 14.7. The first kappa shape index (κ1) is 35.3. The van der Waals surface area contributed by atoms with Crippen LogP contribution in [0.4, 0.5) is 0 Å². The van der Waals surface area contributed by atoms with Crippen LogP contribution in [0.15, 0.2) is 0 Å². The van der Waals surface area contributed by atoms with E-state index < -0.39 is 25.7 Å². The molecular formula is C33H66O6Si3. The first-order chi connectivity index (χ1) is 19.9. The van der Waals surface area contributed by atoms with Crippen molar-refractivity contribution < 1.29 is 26.6 Å². The van der Waals surface area contributed by atoms with Crippen molar-refractivity contribution in [3.05, 3.63) is 0 Å². The Kier molecular flexibility index (Phi) is 12.9. The van der Waals surface area contributed by atoms with Gasteiger partial charge in [-0.15, -0.1) is 0 Å². The highest BCUT2D eigenvalue weighted by atomic mass is 28.5. The zero-order valence-corrected chi connectivity index (χ0v) is 31.8. The summed E-state index contributed by atoms with van der Waals surface area (Å²) in [4.78, 5) is 0. The molecule has 0 aromatic carbocycles. The summed E-state index contributed by atoms with van der Waals surface area (Å²) in [5.41, 5.74) is 1.22. The third kappa shape index (κ3) is 7.68. The Labute approximate surface area is 262 Å². The lowest BCUT2D eigenvalue weighted by Gasteiger charge is -2.61. The van der Waals surface area contributed by atoms with Crippen LogP contribution in [0.3, 0.4) is 0 Å². The fourth-order valence-electron chi connectivity index (χ4n) is 8.15. The molecule has 0 bridgehead atoms. The lowest BCUT2D eigenvalue weighted by molar-refractivity contribution is 0.00828. The lowest BCUT2D eigenvalue weighted by atomic mass is 10.2. The van der Waals surface area contributed by atoms with E-state index in [4.69, 9.17) is 26.6 Å². The monoisotopic (exact) mass is 642 g/mol. The maximum absolute atomic E-state index is 7.97. The standard InChI is InChI=1S/C33H66O6Si3/c1-25(2)22-34-28(7)40(31-16-10-11-17-31)37-41(32-18-12-13-19-32,29(8)35-23-26(3)4)39-42(38-40,33-20-14-15-21-33)30(9)36-24-27(5)6/h25-33H,10-24H2,1-9H3. The van der Waals surface area contributed by atoms with Gasteiger partial charge in [-0.05, 0) is 77.0 Å². The maximum atomic E-state index is 7.97. The molecule has 4 aliphatic rings. The minimum absolute atomic E-state index is 0.0388. The molecule has 4 fully saturated rings. The second-order valence-corrected chi connectivity index (χ2v) is 27.2. The quantitative estimate of drug-likeness (QED) is 0.166. The smallest absolute Gasteiger partial charge is 0.353 e. The van der Waals surface area contributed by atoms with Gasteiger partial charge in [0.15, 0.2) is 0 Å². The van der Waals surface area contributed by atoms with Gasteiger partial charge >= 0.3 is 25.7 Å². The SMILES string of the molecule is CC(C)COC(C)[Si]1(C2CCCC2)O[Si](C2CCCC2)(C(C)OCC(C)C)O[Si](C2CCCC2)(C(C)OCC(C)C)O1. The van der Waals surface area contributed by atoms with Crippen molar-refractivity contribution in [2.45, 2.75) is 173 Å². The van der Waals surface area contributed by atoms with E-state index in [9.17, 15) is 0 Å². The highest BCUT2D eigenvalue weighted by Gasteiger charge is 2.74. The van der Waals surface area contributed by atoms with Gasteiger partial charge in [0.25, 0.3) is 0 Å². The predicted molar refractivity (Wildman–Crippen MR) is 178 cm³/mol. The average Bonchev–Trinajstić information content (AvgIpc) is 3.76. The molecule has 3 saturated carbocycles. The minimum atomic E-state index is -2.95. The first-order valence-electron chi connectivity index (χ1n) is 17.9. The Bertz CT molecular complexity index is 697. The highest BCUT2D eigenvalue weighted by molar-refractivity contribution is 6.97. The van der Waals surface area contributed by atoms with Crippen LogP contribution in [0.2, 0.25) is 16.6 Å². The molecule has 0 N–H and O–H groups in total. The number of ether oxygens (including phenoxy) is 3. The summed E-state index contributed by atoms with van der Waals surface area (Å²) in [5, 5.41) is 0. The molecule has 6 nitrogen and oxygen atoms in total. The Hall–Kier alpha value is 0.411. The van der Waals surface area contributed by atoms with E-state index in [0.717, 1.165) is 19.8 Å². The summed E-state index contributed by atoms with van der Waals surface area (Å²) in [7, 11) is -8.84. The molecule has 246 valence electrons. The van der Waals surface area contributed by atoms with Gasteiger partial charge in [-0.1, -0.05) is 80.1 Å². The van der Waals surface area contributed by atoms with E-state index in [1.54, 1.807) is 0 Å². The largest absolute Gasteiger partial charge is 0.412 e. The van der Waals surface area contributed by atoms with Gasteiger partial charge in [0, 0.05) is 36.4 Å². The maximum Gasteiger partial charge on any atom is 0.353 e. The summed E-state index contributed by atoms with van der Waals surface area (Å²) in [6.45, 7) is 22.6. The van der Waals surface area contributed by atoms with Gasteiger partial charge in [-0.3, -0.25) is 0 Å². The van der Waals surface area contributed by atoms with Crippen molar-refractivity contribution >= 4 is 25.7 Å². The molecule has 3 atom stereocenters. The van der Waals surface area contributed by atoms with Crippen LogP contribution in [-0.2, 0) is 26.6 Å². The summed E-state index contributed by atoms with van der Waals surface area (Å²) < 4.78 is 44.4. The highest BCUT2D eigenvalue weighted by Crippen LogP contribution is 2.57. The molecule has 1 aliphatic heterocycles.